The summed E-state index contributed by atoms with van der Waals surface area (Å²) in [5, 5.41) is 10.5. The van der Waals surface area contributed by atoms with E-state index in [0.717, 1.165) is 22.5 Å². The third-order valence-corrected chi connectivity index (χ3v) is 11.7. The molecular formula is C35H43N3O4S. The first-order valence-corrected chi connectivity index (χ1v) is 16.0. The van der Waals surface area contributed by atoms with Gasteiger partial charge in [0, 0.05) is 29.2 Å². The number of carbonyl (C=O) groups is 3. The molecule has 2 aromatic carbocycles. The minimum absolute atomic E-state index is 0.121. The van der Waals surface area contributed by atoms with Crippen LogP contribution in [0.25, 0.3) is 0 Å². The van der Waals surface area contributed by atoms with Crippen molar-refractivity contribution in [2.45, 2.75) is 68.5 Å². The van der Waals surface area contributed by atoms with Gasteiger partial charge in [0.15, 0.2) is 0 Å². The Labute approximate surface area is 259 Å². The molecule has 5 rings (SSSR count). The van der Waals surface area contributed by atoms with Crippen LogP contribution in [-0.2, 0) is 14.4 Å². The normalized spacial score (nSPS) is 28.0. The lowest BCUT2D eigenvalue weighted by molar-refractivity contribution is -0.142. The van der Waals surface area contributed by atoms with Gasteiger partial charge in [-0.2, -0.15) is 0 Å². The summed E-state index contributed by atoms with van der Waals surface area (Å²) in [6.07, 6.45) is 5.27. The summed E-state index contributed by atoms with van der Waals surface area (Å²) < 4.78 is -1.31. The van der Waals surface area contributed by atoms with E-state index in [1.807, 2.05) is 69.3 Å². The van der Waals surface area contributed by atoms with Crippen LogP contribution >= 0.6 is 11.8 Å². The summed E-state index contributed by atoms with van der Waals surface area (Å²) in [7, 11) is 0. The summed E-state index contributed by atoms with van der Waals surface area (Å²) >= 11 is 1.65. The van der Waals surface area contributed by atoms with Crippen LogP contribution in [0.15, 0.2) is 73.8 Å². The number of aliphatic hydroxyl groups excluding tert-OH is 1. The largest absolute Gasteiger partial charge is 0.394 e. The van der Waals surface area contributed by atoms with E-state index in [1.54, 1.807) is 38.6 Å². The summed E-state index contributed by atoms with van der Waals surface area (Å²) in [5.74, 6) is -1.82. The number of nitrogens with zero attached hydrogens (tertiary/aromatic N) is 3. The van der Waals surface area contributed by atoms with Gasteiger partial charge in [-0.15, -0.1) is 24.9 Å². The average molecular weight is 602 g/mol. The van der Waals surface area contributed by atoms with Crippen molar-refractivity contribution in [2.24, 2.45) is 11.8 Å². The molecule has 3 fully saturated rings. The highest BCUT2D eigenvalue weighted by Crippen LogP contribution is 2.72. The van der Waals surface area contributed by atoms with Crippen molar-refractivity contribution in [3.63, 3.8) is 0 Å². The Morgan fingerprint density at radius 2 is 1.65 bits per heavy atom. The van der Waals surface area contributed by atoms with Gasteiger partial charge in [0.1, 0.15) is 6.04 Å². The lowest BCUT2D eigenvalue weighted by Crippen LogP contribution is -2.57. The van der Waals surface area contributed by atoms with Gasteiger partial charge in [0.2, 0.25) is 11.8 Å². The molecule has 6 atom stereocenters. The number of amides is 3. The molecular weight excluding hydrogens is 558 g/mol. The fraction of sp³-hybridized carbons (Fsp3) is 0.457. The number of hydrogen-bond acceptors (Lipinski definition) is 5. The Hall–Kier alpha value is -3.36. The van der Waals surface area contributed by atoms with Gasteiger partial charge in [-0.1, -0.05) is 55.5 Å². The van der Waals surface area contributed by atoms with Crippen molar-refractivity contribution >= 4 is 40.9 Å². The topological polar surface area (TPSA) is 81.2 Å². The van der Waals surface area contributed by atoms with Crippen LogP contribution in [0.4, 0.5) is 11.4 Å². The maximum Gasteiger partial charge on any atom is 0.251 e. The molecule has 228 valence electrons. The first-order chi connectivity index (χ1) is 20.6. The molecule has 3 amide bonds. The number of anilines is 2. The number of rotatable bonds is 11. The Morgan fingerprint density at radius 3 is 2.23 bits per heavy atom. The van der Waals surface area contributed by atoms with E-state index in [4.69, 9.17) is 0 Å². The second-order valence-electron chi connectivity index (χ2n) is 12.3. The van der Waals surface area contributed by atoms with E-state index in [-0.39, 0.29) is 30.9 Å². The standard InChI is InChI=1S/C35H43N3O4S/c1-7-20-36(26-16-11-10-12-17-26)31(40)27-28-32(41)38(25(9-3)22-39)30(35(28)19-18-34(27,6)43-35)33(42)37(21-8-2)29-23(4)14-13-15-24(29)5/h7-8,10-17,25,27-28,30,39H,1-2,9,18-22H2,3-6H3/t25-,27+,28-,30?,34-,35?/m0/s1. The maximum absolute atomic E-state index is 15.0. The molecule has 3 saturated heterocycles. The molecule has 3 heterocycles. The van der Waals surface area contributed by atoms with E-state index < -0.39 is 33.4 Å². The first-order valence-electron chi connectivity index (χ1n) is 15.2. The Kier molecular flexibility index (Phi) is 8.65. The molecule has 3 aliphatic rings. The third kappa shape index (κ3) is 4.83. The van der Waals surface area contributed by atoms with Gasteiger partial charge in [0.05, 0.1) is 29.2 Å². The predicted molar refractivity (Wildman–Crippen MR) is 174 cm³/mol. The number of fused-ring (bicyclic) bond motifs is 1. The molecule has 0 radical (unpaired) electrons. The fourth-order valence-electron chi connectivity index (χ4n) is 7.85. The number of aliphatic hydroxyl groups is 1. The molecule has 0 saturated carbocycles. The van der Waals surface area contributed by atoms with Gasteiger partial charge in [-0.3, -0.25) is 14.4 Å². The Morgan fingerprint density at radius 1 is 1.02 bits per heavy atom. The fourth-order valence-corrected chi connectivity index (χ4v) is 10.2. The quantitative estimate of drug-likeness (QED) is 0.354. The number of para-hydroxylation sites is 2. The monoisotopic (exact) mass is 601 g/mol. The lowest BCUT2D eigenvalue weighted by Gasteiger charge is -2.40. The molecule has 3 aliphatic heterocycles. The second kappa shape index (κ2) is 12.0. The van der Waals surface area contributed by atoms with Crippen molar-refractivity contribution in [3.05, 3.63) is 85.0 Å². The first kappa shape index (κ1) is 31.1. The van der Waals surface area contributed by atoms with E-state index in [2.05, 4.69) is 20.1 Å². The summed E-state index contributed by atoms with van der Waals surface area (Å²) in [6.45, 7) is 16.1. The average Bonchev–Trinajstić information content (AvgIpc) is 3.56. The van der Waals surface area contributed by atoms with Gasteiger partial charge in [-0.25, -0.2) is 0 Å². The minimum atomic E-state index is -0.824. The highest BCUT2D eigenvalue weighted by molar-refractivity contribution is 8.02. The number of likely N-dealkylation sites (tertiary alicyclic amines) is 1. The summed E-state index contributed by atoms with van der Waals surface area (Å²) in [6, 6.07) is 14.1. The molecule has 43 heavy (non-hydrogen) atoms. The van der Waals surface area contributed by atoms with Gasteiger partial charge in [-0.05, 0) is 63.3 Å². The molecule has 0 aliphatic carbocycles. The third-order valence-electron chi connectivity index (χ3n) is 9.72. The Bertz CT molecular complexity index is 1410. The Balaban J connectivity index is 1.65. The van der Waals surface area contributed by atoms with E-state index in [0.29, 0.717) is 25.8 Å². The molecule has 2 bridgehead atoms. The zero-order chi connectivity index (χ0) is 31.1. The van der Waals surface area contributed by atoms with Crippen LogP contribution in [0.1, 0.15) is 44.2 Å². The van der Waals surface area contributed by atoms with Crippen molar-refractivity contribution in [1.82, 2.24) is 4.90 Å². The maximum atomic E-state index is 15.0. The molecule has 1 N–H and O–H groups in total. The molecule has 1 spiro atoms. The molecule has 0 aromatic heterocycles. The predicted octanol–water partition coefficient (Wildman–Crippen LogP) is 5.29. The van der Waals surface area contributed by atoms with Crippen LogP contribution in [0.3, 0.4) is 0 Å². The molecule has 7 nitrogen and oxygen atoms in total. The van der Waals surface area contributed by atoms with Crippen molar-refractivity contribution in [2.75, 3.05) is 29.5 Å². The van der Waals surface area contributed by atoms with Gasteiger partial charge in [0.25, 0.3) is 5.91 Å². The molecule has 2 aromatic rings. The van der Waals surface area contributed by atoms with Crippen LogP contribution in [-0.4, -0.2) is 69.0 Å². The lowest BCUT2D eigenvalue weighted by atomic mass is 9.66. The summed E-state index contributed by atoms with van der Waals surface area (Å²) in [5.41, 5.74) is 3.48. The number of aryl methyl sites for hydroxylation is 2. The zero-order valence-electron chi connectivity index (χ0n) is 25.7. The van der Waals surface area contributed by atoms with Crippen LogP contribution in [0.5, 0.6) is 0 Å². The van der Waals surface area contributed by atoms with Crippen molar-refractivity contribution in [3.8, 4) is 0 Å². The van der Waals surface area contributed by atoms with Crippen LogP contribution < -0.4 is 9.80 Å². The smallest absolute Gasteiger partial charge is 0.251 e. The van der Waals surface area contributed by atoms with Crippen LogP contribution in [0.2, 0.25) is 0 Å². The summed E-state index contributed by atoms with van der Waals surface area (Å²) in [4.78, 5) is 49.4. The van der Waals surface area contributed by atoms with Gasteiger partial charge < -0.3 is 19.8 Å². The number of thioether (sulfide) groups is 1. The van der Waals surface area contributed by atoms with Crippen LogP contribution in [0, 0.1) is 25.7 Å². The number of carbonyl (C=O) groups excluding carboxylic acids is 3. The zero-order valence-corrected chi connectivity index (χ0v) is 26.5. The molecule has 8 heteroatoms. The van der Waals surface area contributed by atoms with E-state index >= 15 is 0 Å². The second-order valence-corrected chi connectivity index (χ2v) is 14.2. The van der Waals surface area contributed by atoms with E-state index in [1.165, 1.54) is 0 Å². The molecule has 2 unspecified atom stereocenters. The van der Waals surface area contributed by atoms with E-state index in [9.17, 15) is 19.5 Å². The highest BCUT2D eigenvalue weighted by atomic mass is 32.2. The SMILES string of the molecule is C=CCN(C(=O)[C@H]1[C@H]2C(=O)N([C@@H](CC)CO)C(C(=O)N(CC=C)c3c(C)cccc3C)C23CC[C@]1(C)S3)c1ccccc1. The van der Waals surface area contributed by atoms with Gasteiger partial charge >= 0.3 is 0 Å². The van der Waals surface area contributed by atoms with Crippen molar-refractivity contribution < 1.29 is 19.5 Å². The number of hydrogen-bond donors (Lipinski definition) is 1. The highest BCUT2D eigenvalue weighted by Gasteiger charge is 2.78. The number of benzene rings is 2. The minimum Gasteiger partial charge on any atom is -0.394 e. The van der Waals surface area contributed by atoms with Crippen molar-refractivity contribution in [1.29, 1.82) is 0 Å².